The molecule has 2 N–H and O–H groups in total. The molecule has 1 aliphatic heterocycles. The van der Waals surface area contributed by atoms with Crippen molar-refractivity contribution < 1.29 is 18.0 Å². The van der Waals surface area contributed by atoms with Crippen molar-refractivity contribution >= 4 is 5.91 Å². The maximum absolute atomic E-state index is 12.8. The molecule has 1 unspecified atom stereocenters. The third kappa shape index (κ3) is 3.96. The van der Waals surface area contributed by atoms with E-state index >= 15 is 0 Å². The summed E-state index contributed by atoms with van der Waals surface area (Å²) in [6, 6.07) is 5.44. The molecular formula is C14H17F3N2O. The molecule has 1 aromatic carbocycles. The van der Waals surface area contributed by atoms with Gasteiger partial charge < -0.3 is 10.6 Å². The van der Waals surface area contributed by atoms with Gasteiger partial charge in [0.2, 0.25) is 5.91 Å². The molecule has 2 rings (SSSR count). The van der Waals surface area contributed by atoms with Gasteiger partial charge in [0.15, 0.2) is 0 Å². The summed E-state index contributed by atoms with van der Waals surface area (Å²) in [4.78, 5) is 11.7. The minimum absolute atomic E-state index is 0.0905. The summed E-state index contributed by atoms with van der Waals surface area (Å²) in [5.74, 6) is -0.221. The first-order chi connectivity index (χ1) is 9.47. The van der Waals surface area contributed by atoms with E-state index in [-0.39, 0.29) is 24.1 Å². The third-order valence-electron chi connectivity index (χ3n) is 3.39. The second-order valence-corrected chi connectivity index (χ2v) is 4.93. The maximum Gasteiger partial charge on any atom is 0.416 e. The fraction of sp³-hybridized carbons (Fsp3) is 0.500. The molecule has 1 atom stereocenters. The summed E-state index contributed by atoms with van der Waals surface area (Å²) in [5.41, 5.74) is -0.605. The molecule has 0 spiro atoms. The molecule has 20 heavy (non-hydrogen) atoms. The van der Waals surface area contributed by atoms with Gasteiger partial charge in [-0.05, 0) is 31.0 Å². The average Bonchev–Trinajstić information content (AvgIpc) is 2.88. The highest BCUT2D eigenvalue weighted by Crippen LogP contribution is 2.31. The van der Waals surface area contributed by atoms with Gasteiger partial charge in [-0.25, -0.2) is 0 Å². The van der Waals surface area contributed by atoms with Crippen molar-refractivity contribution in [2.24, 2.45) is 0 Å². The van der Waals surface area contributed by atoms with Gasteiger partial charge in [0.25, 0.3) is 0 Å². The standard InChI is InChI=1S/C14H17F3N2O/c15-14(16,17)12-6-2-1-4-10(12)9-19-13(20)8-11-5-3-7-18-11/h1-2,4,6,11,18H,3,5,7-9H2,(H,19,20). The zero-order valence-corrected chi connectivity index (χ0v) is 11.0. The maximum atomic E-state index is 12.8. The van der Waals surface area contributed by atoms with Crippen LogP contribution in [0.15, 0.2) is 24.3 Å². The van der Waals surface area contributed by atoms with Gasteiger partial charge in [-0.3, -0.25) is 4.79 Å². The molecule has 1 amide bonds. The van der Waals surface area contributed by atoms with Crippen LogP contribution in [-0.2, 0) is 17.5 Å². The van der Waals surface area contributed by atoms with Crippen LogP contribution >= 0.6 is 0 Å². The average molecular weight is 286 g/mol. The molecule has 0 saturated carbocycles. The van der Waals surface area contributed by atoms with Gasteiger partial charge in [-0.15, -0.1) is 0 Å². The molecule has 1 aromatic rings. The minimum atomic E-state index is -4.39. The number of hydrogen-bond donors (Lipinski definition) is 2. The van der Waals surface area contributed by atoms with Gasteiger partial charge in [0.1, 0.15) is 0 Å². The molecule has 0 radical (unpaired) electrons. The Balaban J connectivity index is 1.92. The molecule has 6 heteroatoms. The van der Waals surface area contributed by atoms with E-state index in [1.165, 1.54) is 18.2 Å². The number of hydrogen-bond acceptors (Lipinski definition) is 2. The normalized spacial score (nSPS) is 19.1. The van der Waals surface area contributed by atoms with E-state index in [2.05, 4.69) is 10.6 Å². The lowest BCUT2D eigenvalue weighted by molar-refractivity contribution is -0.138. The predicted octanol–water partition coefficient (Wildman–Crippen LogP) is 2.46. The van der Waals surface area contributed by atoms with E-state index < -0.39 is 11.7 Å². The first kappa shape index (κ1) is 14.8. The lowest BCUT2D eigenvalue weighted by Crippen LogP contribution is -2.32. The molecule has 1 heterocycles. The van der Waals surface area contributed by atoms with E-state index in [0.29, 0.717) is 6.42 Å². The molecule has 3 nitrogen and oxygen atoms in total. The Morgan fingerprint density at radius 3 is 2.75 bits per heavy atom. The third-order valence-corrected chi connectivity index (χ3v) is 3.39. The Bertz CT molecular complexity index is 468. The van der Waals surface area contributed by atoms with E-state index in [9.17, 15) is 18.0 Å². The highest BCUT2D eigenvalue weighted by atomic mass is 19.4. The molecule has 110 valence electrons. The number of rotatable bonds is 4. The molecular weight excluding hydrogens is 269 g/mol. The summed E-state index contributed by atoms with van der Waals surface area (Å²) in [6.07, 6.45) is -2.11. The van der Waals surface area contributed by atoms with E-state index in [0.717, 1.165) is 25.5 Å². The van der Waals surface area contributed by atoms with Crippen LogP contribution in [0, 0.1) is 0 Å². The first-order valence-electron chi connectivity index (χ1n) is 6.62. The van der Waals surface area contributed by atoms with Crippen molar-refractivity contribution in [2.45, 2.75) is 38.0 Å². The van der Waals surface area contributed by atoms with Crippen LogP contribution in [0.4, 0.5) is 13.2 Å². The molecule has 1 fully saturated rings. The Kier molecular flexibility index (Phi) is 4.65. The fourth-order valence-corrected chi connectivity index (χ4v) is 2.37. The number of carbonyl (C=O) groups is 1. The number of nitrogens with one attached hydrogen (secondary N) is 2. The summed E-state index contributed by atoms with van der Waals surface area (Å²) in [7, 11) is 0. The zero-order chi connectivity index (χ0) is 14.6. The summed E-state index contributed by atoms with van der Waals surface area (Å²) < 4.78 is 38.3. The quantitative estimate of drug-likeness (QED) is 0.892. The van der Waals surface area contributed by atoms with Gasteiger partial charge in [-0.2, -0.15) is 13.2 Å². The molecule has 1 saturated heterocycles. The van der Waals surface area contributed by atoms with Gasteiger partial charge in [0.05, 0.1) is 5.56 Å². The van der Waals surface area contributed by atoms with Crippen LogP contribution in [0.5, 0.6) is 0 Å². The number of amides is 1. The molecule has 0 aliphatic carbocycles. The van der Waals surface area contributed by atoms with Crippen LogP contribution in [0.1, 0.15) is 30.4 Å². The smallest absolute Gasteiger partial charge is 0.352 e. The van der Waals surface area contributed by atoms with E-state index in [1.54, 1.807) is 0 Å². The Hall–Kier alpha value is -1.56. The summed E-state index contributed by atoms with van der Waals surface area (Å²) >= 11 is 0. The molecule has 0 bridgehead atoms. The largest absolute Gasteiger partial charge is 0.416 e. The Labute approximate surface area is 115 Å². The number of alkyl halides is 3. The Morgan fingerprint density at radius 2 is 2.10 bits per heavy atom. The topological polar surface area (TPSA) is 41.1 Å². The number of halogens is 3. The molecule has 0 aromatic heterocycles. The minimum Gasteiger partial charge on any atom is -0.352 e. The summed E-state index contributed by atoms with van der Waals surface area (Å²) in [5, 5.41) is 5.74. The van der Waals surface area contributed by atoms with Crippen molar-refractivity contribution in [1.29, 1.82) is 0 Å². The predicted molar refractivity (Wildman–Crippen MR) is 68.9 cm³/mol. The van der Waals surface area contributed by atoms with Crippen molar-refractivity contribution in [2.75, 3.05) is 6.54 Å². The highest BCUT2D eigenvalue weighted by molar-refractivity contribution is 5.76. The lowest BCUT2D eigenvalue weighted by Gasteiger charge is -2.14. The van der Waals surface area contributed by atoms with Crippen LogP contribution in [0.2, 0.25) is 0 Å². The fourth-order valence-electron chi connectivity index (χ4n) is 2.37. The van der Waals surface area contributed by atoms with E-state index in [1.807, 2.05) is 0 Å². The monoisotopic (exact) mass is 286 g/mol. The summed E-state index contributed by atoms with van der Waals surface area (Å²) in [6.45, 7) is 0.802. The lowest BCUT2D eigenvalue weighted by atomic mass is 10.1. The van der Waals surface area contributed by atoms with Crippen molar-refractivity contribution in [3.63, 3.8) is 0 Å². The van der Waals surface area contributed by atoms with E-state index in [4.69, 9.17) is 0 Å². The van der Waals surface area contributed by atoms with Crippen LogP contribution < -0.4 is 10.6 Å². The number of carbonyl (C=O) groups excluding carboxylic acids is 1. The SMILES string of the molecule is O=C(CC1CCCN1)NCc1ccccc1C(F)(F)F. The van der Waals surface area contributed by atoms with Crippen LogP contribution in [0.25, 0.3) is 0 Å². The zero-order valence-electron chi connectivity index (χ0n) is 11.0. The first-order valence-corrected chi connectivity index (χ1v) is 6.62. The highest BCUT2D eigenvalue weighted by Gasteiger charge is 2.32. The van der Waals surface area contributed by atoms with Crippen LogP contribution in [0.3, 0.4) is 0 Å². The van der Waals surface area contributed by atoms with Crippen molar-refractivity contribution in [1.82, 2.24) is 10.6 Å². The Morgan fingerprint density at radius 1 is 1.35 bits per heavy atom. The van der Waals surface area contributed by atoms with Crippen LogP contribution in [-0.4, -0.2) is 18.5 Å². The molecule has 1 aliphatic rings. The van der Waals surface area contributed by atoms with Gasteiger partial charge >= 0.3 is 6.18 Å². The second kappa shape index (κ2) is 6.26. The van der Waals surface area contributed by atoms with Crippen molar-refractivity contribution in [3.8, 4) is 0 Å². The van der Waals surface area contributed by atoms with Gasteiger partial charge in [0, 0.05) is 19.0 Å². The van der Waals surface area contributed by atoms with Crippen molar-refractivity contribution in [3.05, 3.63) is 35.4 Å². The second-order valence-electron chi connectivity index (χ2n) is 4.93. The van der Waals surface area contributed by atoms with Gasteiger partial charge in [-0.1, -0.05) is 18.2 Å². The number of benzene rings is 1.